The van der Waals surface area contributed by atoms with Crippen LogP contribution < -0.4 is 11.1 Å². The summed E-state index contributed by atoms with van der Waals surface area (Å²) in [6.45, 7) is 6.00. The van der Waals surface area contributed by atoms with Crippen LogP contribution in [-0.4, -0.2) is 16.0 Å². The van der Waals surface area contributed by atoms with Crippen molar-refractivity contribution in [1.82, 2.24) is 10.1 Å². The molecule has 0 bridgehead atoms. The number of amides is 1. The standard InChI is InChI=1S/C19H26N4O2/c1-12(2)10-16(24)21-15-7-6-14(11-13(15)3)17-22-18(23-25-17)19(20)8-4-5-9-19/h6-7,11-12H,4-5,8-10,20H2,1-3H3,(H,21,24). The molecule has 1 saturated carbocycles. The predicted molar refractivity (Wildman–Crippen MR) is 96.9 cm³/mol. The average molecular weight is 342 g/mol. The van der Waals surface area contributed by atoms with Crippen molar-refractivity contribution in [3.8, 4) is 11.5 Å². The number of anilines is 1. The Labute approximate surface area is 148 Å². The lowest BCUT2D eigenvalue weighted by molar-refractivity contribution is -0.116. The van der Waals surface area contributed by atoms with Gasteiger partial charge >= 0.3 is 0 Å². The van der Waals surface area contributed by atoms with Crippen molar-refractivity contribution in [2.75, 3.05) is 5.32 Å². The van der Waals surface area contributed by atoms with E-state index in [-0.39, 0.29) is 5.91 Å². The zero-order valence-electron chi connectivity index (χ0n) is 15.1. The molecular formula is C19H26N4O2. The van der Waals surface area contributed by atoms with Crippen LogP contribution in [0.1, 0.15) is 57.3 Å². The van der Waals surface area contributed by atoms with E-state index in [0.717, 1.165) is 42.5 Å². The SMILES string of the molecule is Cc1cc(-c2nc(C3(N)CCCC3)no2)ccc1NC(=O)CC(C)C. The van der Waals surface area contributed by atoms with Gasteiger partial charge in [-0.1, -0.05) is 31.8 Å². The van der Waals surface area contributed by atoms with Crippen LogP contribution in [0.25, 0.3) is 11.5 Å². The molecule has 0 radical (unpaired) electrons. The third-order valence-electron chi connectivity index (χ3n) is 4.71. The van der Waals surface area contributed by atoms with Crippen LogP contribution in [0, 0.1) is 12.8 Å². The quantitative estimate of drug-likeness (QED) is 0.863. The van der Waals surface area contributed by atoms with Crippen molar-refractivity contribution in [2.45, 2.75) is 58.4 Å². The van der Waals surface area contributed by atoms with Crippen molar-refractivity contribution < 1.29 is 9.32 Å². The zero-order chi connectivity index (χ0) is 18.0. The molecule has 25 heavy (non-hydrogen) atoms. The van der Waals surface area contributed by atoms with Crippen molar-refractivity contribution in [3.63, 3.8) is 0 Å². The van der Waals surface area contributed by atoms with Gasteiger partial charge in [-0.25, -0.2) is 0 Å². The molecule has 0 unspecified atom stereocenters. The Bertz CT molecular complexity index is 761. The first-order valence-electron chi connectivity index (χ1n) is 8.91. The highest BCUT2D eigenvalue weighted by molar-refractivity contribution is 5.91. The fourth-order valence-corrected chi connectivity index (χ4v) is 3.28. The third-order valence-corrected chi connectivity index (χ3v) is 4.71. The maximum atomic E-state index is 11.9. The molecule has 2 aromatic rings. The number of nitrogens with zero attached hydrogens (tertiary/aromatic N) is 2. The van der Waals surface area contributed by atoms with E-state index >= 15 is 0 Å². The fourth-order valence-electron chi connectivity index (χ4n) is 3.28. The number of rotatable bonds is 5. The molecule has 1 heterocycles. The van der Waals surface area contributed by atoms with Crippen LogP contribution >= 0.6 is 0 Å². The summed E-state index contributed by atoms with van der Waals surface area (Å²) in [5.41, 5.74) is 8.53. The lowest BCUT2D eigenvalue weighted by Gasteiger charge is -2.17. The molecule has 3 N–H and O–H groups in total. The van der Waals surface area contributed by atoms with Gasteiger partial charge in [-0.15, -0.1) is 0 Å². The molecule has 6 heteroatoms. The molecule has 0 saturated heterocycles. The van der Waals surface area contributed by atoms with Crippen molar-refractivity contribution in [1.29, 1.82) is 0 Å². The fraction of sp³-hybridized carbons (Fsp3) is 0.526. The van der Waals surface area contributed by atoms with Gasteiger partial charge in [-0.05, 0) is 49.4 Å². The van der Waals surface area contributed by atoms with Gasteiger partial charge < -0.3 is 15.6 Å². The van der Waals surface area contributed by atoms with E-state index in [2.05, 4.69) is 15.5 Å². The molecule has 1 aromatic carbocycles. The summed E-state index contributed by atoms with van der Waals surface area (Å²) in [7, 11) is 0. The van der Waals surface area contributed by atoms with Crippen LogP contribution in [0.2, 0.25) is 0 Å². The van der Waals surface area contributed by atoms with Gasteiger partial charge in [0.15, 0.2) is 5.82 Å². The summed E-state index contributed by atoms with van der Waals surface area (Å²) in [4.78, 5) is 16.5. The number of carbonyl (C=O) groups excluding carboxylic acids is 1. The van der Waals surface area contributed by atoms with E-state index in [0.29, 0.717) is 24.1 Å². The van der Waals surface area contributed by atoms with E-state index in [9.17, 15) is 4.79 Å². The van der Waals surface area contributed by atoms with Gasteiger partial charge in [0.2, 0.25) is 5.91 Å². The van der Waals surface area contributed by atoms with E-state index in [1.54, 1.807) is 0 Å². The van der Waals surface area contributed by atoms with Crippen molar-refractivity contribution in [2.24, 2.45) is 11.7 Å². The van der Waals surface area contributed by atoms with Crippen LogP contribution in [0.15, 0.2) is 22.7 Å². The first-order valence-corrected chi connectivity index (χ1v) is 8.91. The molecule has 0 aliphatic heterocycles. The first kappa shape index (κ1) is 17.6. The Hall–Kier alpha value is -2.21. The number of hydrogen-bond donors (Lipinski definition) is 2. The van der Waals surface area contributed by atoms with E-state index in [4.69, 9.17) is 10.3 Å². The second-order valence-corrected chi connectivity index (χ2v) is 7.46. The maximum absolute atomic E-state index is 11.9. The number of hydrogen-bond acceptors (Lipinski definition) is 5. The highest BCUT2D eigenvalue weighted by Gasteiger charge is 2.36. The smallest absolute Gasteiger partial charge is 0.258 e. The molecule has 0 atom stereocenters. The number of carbonyl (C=O) groups is 1. The van der Waals surface area contributed by atoms with Gasteiger partial charge in [0, 0.05) is 17.7 Å². The van der Waals surface area contributed by atoms with Gasteiger partial charge in [-0.3, -0.25) is 4.79 Å². The Morgan fingerprint density at radius 3 is 2.72 bits per heavy atom. The second-order valence-electron chi connectivity index (χ2n) is 7.46. The summed E-state index contributed by atoms with van der Waals surface area (Å²) in [6.07, 6.45) is 4.50. The third kappa shape index (κ3) is 3.90. The number of aromatic nitrogens is 2. The largest absolute Gasteiger partial charge is 0.334 e. The molecule has 3 rings (SSSR count). The highest BCUT2D eigenvalue weighted by Crippen LogP contribution is 2.35. The number of nitrogens with one attached hydrogen (secondary N) is 1. The molecule has 1 fully saturated rings. The molecular weight excluding hydrogens is 316 g/mol. The Kier molecular flexibility index (Phi) is 4.90. The summed E-state index contributed by atoms with van der Waals surface area (Å²) in [5.74, 6) is 1.41. The average Bonchev–Trinajstić information content (AvgIpc) is 3.18. The minimum absolute atomic E-state index is 0.0252. The topological polar surface area (TPSA) is 94.0 Å². The number of nitrogens with two attached hydrogens (primary N) is 1. The molecule has 1 aromatic heterocycles. The van der Waals surface area contributed by atoms with Gasteiger partial charge in [-0.2, -0.15) is 4.98 Å². The summed E-state index contributed by atoms with van der Waals surface area (Å²) in [5, 5.41) is 7.05. The monoisotopic (exact) mass is 342 g/mol. The van der Waals surface area contributed by atoms with Crippen LogP contribution in [0.4, 0.5) is 5.69 Å². The molecule has 0 spiro atoms. The minimum atomic E-state index is -0.457. The lowest BCUT2D eigenvalue weighted by atomic mass is 9.98. The normalized spacial score (nSPS) is 16.4. The summed E-state index contributed by atoms with van der Waals surface area (Å²) in [6, 6.07) is 5.70. The Morgan fingerprint density at radius 2 is 2.08 bits per heavy atom. The van der Waals surface area contributed by atoms with E-state index < -0.39 is 5.54 Å². The van der Waals surface area contributed by atoms with E-state index in [1.165, 1.54) is 0 Å². The Morgan fingerprint density at radius 1 is 1.36 bits per heavy atom. The lowest BCUT2D eigenvalue weighted by Crippen LogP contribution is -2.34. The Balaban J connectivity index is 1.77. The summed E-state index contributed by atoms with van der Waals surface area (Å²) < 4.78 is 5.43. The molecule has 134 valence electrons. The minimum Gasteiger partial charge on any atom is -0.334 e. The van der Waals surface area contributed by atoms with Crippen LogP contribution in [0.5, 0.6) is 0 Å². The number of aryl methyl sites for hydroxylation is 1. The summed E-state index contributed by atoms with van der Waals surface area (Å²) >= 11 is 0. The van der Waals surface area contributed by atoms with Gasteiger partial charge in [0.1, 0.15) is 0 Å². The zero-order valence-corrected chi connectivity index (χ0v) is 15.1. The van der Waals surface area contributed by atoms with E-state index in [1.807, 2.05) is 39.0 Å². The second kappa shape index (κ2) is 6.96. The molecule has 1 aliphatic carbocycles. The number of benzene rings is 1. The van der Waals surface area contributed by atoms with Gasteiger partial charge in [0.25, 0.3) is 5.89 Å². The van der Waals surface area contributed by atoms with Crippen LogP contribution in [-0.2, 0) is 10.3 Å². The van der Waals surface area contributed by atoms with Crippen molar-refractivity contribution >= 4 is 11.6 Å². The van der Waals surface area contributed by atoms with Crippen LogP contribution in [0.3, 0.4) is 0 Å². The van der Waals surface area contributed by atoms with Gasteiger partial charge in [0.05, 0.1) is 5.54 Å². The molecule has 1 aliphatic rings. The highest BCUT2D eigenvalue weighted by atomic mass is 16.5. The predicted octanol–water partition coefficient (Wildman–Crippen LogP) is 3.76. The molecule has 1 amide bonds. The first-order chi connectivity index (χ1) is 11.9. The maximum Gasteiger partial charge on any atom is 0.258 e. The van der Waals surface area contributed by atoms with Crippen molar-refractivity contribution in [3.05, 3.63) is 29.6 Å². The molecule has 6 nitrogen and oxygen atoms in total.